The summed E-state index contributed by atoms with van der Waals surface area (Å²) in [6, 6.07) is 2.03. The highest BCUT2D eigenvalue weighted by molar-refractivity contribution is 14.1. The van der Waals surface area contributed by atoms with Crippen LogP contribution in [0.25, 0.3) is 0 Å². The molecule has 1 N–H and O–H groups in total. The Morgan fingerprint density at radius 2 is 2.50 bits per heavy atom. The zero-order valence-electron chi connectivity index (χ0n) is 8.74. The summed E-state index contributed by atoms with van der Waals surface area (Å²) in [5.74, 6) is 1.06. The fraction of sp³-hybridized carbons (Fsp3) is 0.455. The van der Waals surface area contributed by atoms with E-state index in [1.54, 1.807) is 0 Å². The van der Waals surface area contributed by atoms with E-state index in [1.165, 1.54) is 0 Å². The number of nitrogens with zero attached hydrogens (tertiary/aromatic N) is 2. The Labute approximate surface area is 108 Å². The van der Waals surface area contributed by atoms with E-state index in [0.717, 1.165) is 40.9 Å². The number of aromatic nitrogens is 1. The van der Waals surface area contributed by atoms with Gasteiger partial charge in [0.25, 0.3) is 0 Å². The van der Waals surface area contributed by atoms with Crippen LogP contribution in [0.4, 0.5) is 11.5 Å². The number of alkyl halides is 1. The molecule has 3 heterocycles. The zero-order chi connectivity index (χ0) is 11.1. The number of carbonyl (C=O) groups is 1. The molecule has 0 saturated carbocycles. The van der Waals surface area contributed by atoms with E-state index in [1.807, 2.05) is 12.3 Å². The molecule has 0 bridgehead atoms. The molecule has 1 atom stereocenters. The summed E-state index contributed by atoms with van der Waals surface area (Å²) in [5, 5.41) is 2.96. The summed E-state index contributed by atoms with van der Waals surface area (Å²) in [6.45, 7) is 0.946. The van der Waals surface area contributed by atoms with Gasteiger partial charge in [-0.25, -0.2) is 4.98 Å². The van der Waals surface area contributed by atoms with Crippen LogP contribution >= 0.6 is 22.6 Å². The number of fused-ring (bicyclic) bond motifs is 3. The molecule has 3 rings (SSSR count). The van der Waals surface area contributed by atoms with E-state index in [2.05, 4.69) is 37.8 Å². The number of hydrogen-bond acceptors (Lipinski definition) is 3. The maximum atomic E-state index is 11.9. The molecule has 1 saturated heterocycles. The molecule has 0 unspecified atom stereocenters. The highest BCUT2D eigenvalue weighted by atomic mass is 127. The molecular formula is C11H12IN3O. The minimum Gasteiger partial charge on any atom is -0.343 e. The molecule has 4 nitrogen and oxygen atoms in total. The van der Waals surface area contributed by atoms with Crippen LogP contribution in [0.2, 0.25) is 0 Å². The summed E-state index contributed by atoms with van der Waals surface area (Å²) in [7, 11) is 0. The third-order valence-corrected chi connectivity index (χ3v) is 4.04. The van der Waals surface area contributed by atoms with E-state index < -0.39 is 0 Å². The largest absolute Gasteiger partial charge is 0.343 e. The van der Waals surface area contributed by atoms with E-state index in [0.29, 0.717) is 0 Å². The van der Waals surface area contributed by atoms with Gasteiger partial charge in [0.15, 0.2) is 5.82 Å². The number of halogens is 1. The van der Waals surface area contributed by atoms with Crippen LogP contribution in [0.5, 0.6) is 0 Å². The van der Waals surface area contributed by atoms with E-state index in [-0.39, 0.29) is 11.9 Å². The van der Waals surface area contributed by atoms with Crippen LogP contribution in [0.3, 0.4) is 0 Å². The van der Waals surface area contributed by atoms with Gasteiger partial charge in [0.1, 0.15) is 6.04 Å². The Morgan fingerprint density at radius 3 is 3.31 bits per heavy atom. The molecule has 2 aliphatic rings. The van der Waals surface area contributed by atoms with Crippen molar-refractivity contribution in [3.63, 3.8) is 0 Å². The number of anilines is 2. The molecule has 0 aliphatic carbocycles. The summed E-state index contributed by atoms with van der Waals surface area (Å²) < 4.78 is 0.914. The molecule has 1 aromatic rings. The first-order valence-electron chi connectivity index (χ1n) is 5.42. The lowest BCUT2D eigenvalue weighted by molar-refractivity contribution is -0.117. The van der Waals surface area contributed by atoms with Gasteiger partial charge in [-0.1, -0.05) is 22.6 Å². The van der Waals surface area contributed by atoms with Crippen molar-refractivity contribution in [3.05, 3.63) is 17.8 Å². The van der Waals surface area contributed by atoms with E-state index >= 15 is 0 Å². The van der Waals surface area contributed by atoms with Crippen molar-refractivity contribution >= 4 is 40.0 Å². The fourth-order valence-electron chi connectivity index (χ4n) is 2.40. The number of rotatable bonds is 1. The lowest BCUT2D eigenvalue weighted by atomic mass is 10.1. The molecule has 1 aromatic heterocycles. The Morgan fingerprint density at radius 1 is 1.62 bits per heavy atom. The van der Waals surface area contributed by atoms with Crippen molar-refractivity contribution in [1.82, 2.24) is 4.98 Å². The summed E-state index contributed by atoms with van der Waals surface area (Å²) in [4.78, 5) is 18.5. The van der Waals surface area contributed by atoms with Crippen molar-refractivity contribution in [2.45, 2.75) is 23.3 Å². The van der Waals surface area contributed by atoms with Gasteiger partial charge in [-0.3, -0.25) is 4.79 Å². The van der Waals surface area contributed by atoms with Crippen molar-refractivity contribution in [3.8, 4) is 0 Å². The minimum absolute atomic E-state index is 0.00505. The predicted molar refractivity (Wildman–Crippen MR) is 71.0 cm³/mol. The SMILES string of the molecule is O=C1Nc2cc(CI)cnc2N2CCC[C@@H]12. The maximum Gasteiger partial charge on any atom is 0.247 e. The zero-order valence-corrected chi connectivity index (χ0v) is 10.9. The smallest absolute Gasteiger partial charge is 0.247 e. The van der Waals surface area contributed by atoms with Gasteiger partial charge in [0.05, 0.1) is 5.69 Å². The van der Waals surface area contributed by atoms with Gasteiger partial charge in [0, 0.05) is 17.2 Å². The quantitative estimate of drug-likeness (QED) is 0.633. The molecule has 0 spiro atoms. The molecule has 2 aliphatic heterocycles. The van der Waals surface area contributed by atoms with Gasteiger partial charge in [-0.2, -0.15) is 0 Å². The predicted octanol–water partition coefficient (Wildman–Crippen LogP) is 1.94. The number of amides is 1. The molecule has 1 amide bonds. The maximum absolute atomic E-state index is 11.9. The third-order valence-electron chi connectivity index (χ3n) is 3.16. The van der Waals surface area contributed by atoms with Gasteiger partial charge in [-0.15, -0.1) is 0 Å². The first kappa shape index (κ1) is 10.3. The summed E-state index contributed by atoms with van der Waals surface area (Å²) >= 11 is 2.30. The average Bonchev–Trinajstić information content (AvgIpc) is 2.78. The van der Waals surface area contributed by atoms with Crippen molar-refractivity contribution < 1.29 is 4.79 Å². The van der Waals surface area contributed by atoms with E-state index in [4.69, 9.17) is 0 Å². The number of carbonyl (C=O) groups excluding carboxylic acids is 1. The summed E-state index contributed by atoms with van der Waals surface area (Å²) in [5.41, 5.74) is 2.02. The Kier molecular flexibility index (Phi) is 2.49. The molecule has 84 valence electrons. The van der Waals surface area contributed by atoms with Crippen molar-refractivity contribution in [2.24, 2.45) is 0 Å². The van der Waals surface area contributed by atoms with Crippen LogP contribution in [-0.2, 0) is 9.22 Å². The van der Waals surface area contributed by atoms with E-state index in [9.17, 15) is 4.79 Å². The minimum atomic E-state index is 0.00505. The molecule has 16 heavy (non-hydrogen) atoms. The highest BCUT2D eigenvalue weighted by Gasteiger charge is 2.37. The Bertz CT molecular complexity index is 449. The van der Waals surface area contributed by atoms with Gasteiger partial charge >= 0.3 is 0 Å². The lowest BCUT2D eigenvalue weighted by Gasteiger charge is -2.31. The Balaban J connectivity index is 2.06. The van der Waals surface area contributed by atoms with Crippen LogP contribution < -0.4 is 10.2 Å². The second-order valence-electron chi connectivity index (χ2n) is 4.19. The number of hydrogen-bond donors (Lipinski definition) is 1. The van der Waals surface area contributed by atoms with Gasteiger partial charge in [0.2, 0.25) is 5.91 Å². The number of pyridine rings is 1. The monoisotopic (exact) mass is 329 g/mol. The van der Waals surface area contributed by atoms with Crippen molar-refractivity contribution in [2.75, 3.05) is 16.8 Å². The number of nitrogens with one attached hydrogen (secondary N) is 1. The third kappa shape index (κ3) is 1.49. The first-order chi connectivity index (χ1) is 7.79. The molecule has 1 fully saturated rings. The molecule has 5 heteroatoms. The van der Waals surface area contributed by atoms with Crippen LogP contribution in [-0.4, -0.2) is 23.5 Å². The topological polar surface area (TPSA) is 45.2 Å². The van der Waals surface area contributed by atoms with Gasteiger partial charge in [-0.05, 0) is 24.5 Å². The highest BCUT2D eigenvalue weighted by Crippen LogP contribution is 2.35. The Hall–Kier alpha value is -0.850. The van der Waals surface area contributed by atoms with Crippen LogP contribution in [0, 0.1) is 0 Å². The first-order valence-corrected chi connectivity index (χ1v) is 6.94. The molecular weight excluding hydrogens is 317 g/mol. The molecule has 0 aromatic carbocycles. The lowest BCUT2D eigenvalue weighted by Crippen LogP contribution is -2.44. The standard InChI is InChI=1S/C11H12IN3O/c12-5-7-4-8-10(13-6-7)15-3-1-2-9(15)11(16)14-8/h4,6,9H,1-3,5H2,(H,14,16)/t9-/m0/s1. The fourth-order valence-corrected chi connectivity index (χ4v) is 2.82. The van der Waals surface area contributed by atoms with Gasteiger partial charge < -0.3 is 10.2 Å². The normalized spacial score (nSPS) is 22.7. The van der Waals surface area contributed by atoms with Crippen LogP contribution in [0.1, 0.15) is 18.4 Å². The second-order valence-corrected chi connectivity index (χ2v) is 4.95. The summed E-state index contributed by atoms with van der Waals surface area (Å²) in [6.07, 6.45) is 3.92. The van der Waals surface area contributed by atoms with Crippen molar-refractivity contribution in [1.29, 1.82) is 0 Å². The van der Waals surface area contributed by atoms with Crippen LogP contribution in [0.15, 0.2) is 12.3 Å². The molecule has 0 radical (unpaired) electrons. The second kappa shape index (κ2) is 3.87. The average molecular weight is 329 g/mol.